The first kappa shape index (κ1) is 12.6. The van der Waals surface area contributed by atoms with Crippen LogP contribution >= 0.6 is 48.0 Å². The first-order valence-electron chi connectivity index (χ1n) is 2.64. The van der Waals surface area contributed by atoms with Crippen LogP contribution in [0.15, 0.2) is 23.3 Å². The van der Waals surface area contributed by atoms with E-state index in [0.717, 1.165) is 6.42 Å². The minimum Gasteiger partial charge on any atom is -0.107 e. The molecule has 0 radical (unpaired) electrons. The Morgan fingerprint density at radius 2 is 1.33 bits per heavy atom. The van der Waals surface area contributed by atoms with E-state index < -0.39 is 0 Å². The third-order valence-electron chi connectivity index (χ3n) is 1.47. The van der Waals surface area contributed by atoms with Gasteiger partial charge in [-0.3, -0.25) is 0 Å². The van der Waals surface area contributed by atoms with E-state index in [4.69, 9.17) is 0 Å². The van der Waals surface area contributed by atoms with Gasteiger partial charge in [0.05, 0.1) is 0 Å². The smallest absolute Gasteiger partial charge is 0.0158 e. The van der Waals surface area contributed by atoms with E-state index in [1.54, 1.807) is 0 Å². The van der Waals surface area contributed by atoms with Crippen LogP contribution in [0.3, 0.4) is 0 Å². The maximum Gasteiger partial charge on any atom is -0.0158 e. The fourth-order valence-corrected chi connectivity index (χ4v) is 0.734. The number of hydrogen-bond donors (Lipinski definition) is 0. The van der Waals surface area contributed by atoms with Crippen molar-refractivity contribution in [2.24, 2.45) is 0 Å². The van der Waals surface area contributed by atoms with E-state index in [1.165, 1.54) is 11.1 Å². The highest BCUT2D eigenvalue weighted by atomic mass is 127. The summed E-state index contributed by atoms with van der Waals surface area (Å²) in [7, 11) is 0. The standard InChI is InChI=1S/C7H10.2HI/c1-6-4-3-5-7(6)2;;/h4-5H,3H2,1-2H3;2*1H. The first-order chi connectivity index (χ1) is 3.30. The van der Waals surface area contributed by atoms with Gasteiger partial charge >= 0.3 is 0 Å². The second-order valence-corrected chi connectivity index (χ2v) is 2.01. The van der Waals surface area contributed by atoms with Crippen molar-refractivity contribution in [3.8, 4) is 0 Å². The van der Waals surface area contributed by atoms with Crippen molar-refractivity contribution in [1.82, 2.24) is 0 Å². The van der Waals surface area contributed by atoms with Gasteiger partial charge in [0.1, 0.15) is 0 Å². The molecular formula is C7H12I2. The summed E-state index contributed by atoms with van der Waals surface area (Å²) in [6, 6.07) is 0. The van der Waals surface area contributed by atoms with Gasteiger partial charge in [0, 0.05) is 0 Å². The first-order valence-corrected chi connectivity index (χ1v) is 2.64. The van der Waals surface area contributed by atoms with Gasteiger partial charge in [0.15, 0.2) is 0 Å². The molecule has 54 valence electrons. The van der Waals surface area contributed by atoms with Gasteiger partial charge in [-0.25, -0.2) is 0 Å². The molecule has 0 aromatic carbocycles. The zero-order chi connectivity index (χ0) is 5.28. The van der Waals surface area contributed by atoms with E-state index in [2.05, 4.69) is 26.0 Å². The van der Waals surface area contributed by atoms with E-state index in [1.807, 2.05) is 0 Å². The van der Waals surface area contributed by atoms with Gasteiger partial charge < -0.3 is 0 Å². The van der Waals surface area contributed by atoms with Crippen LogP contribution in [-0.4, -0.2) is 0 Å². The van der Waals surface area contributed by atoms with Gasteiger partial charge in [-0.15, -0.1) is 48.0 Å². The molecule has 0 bridgehead atoms. The lowest BCUT2D eigenvalue weighted by atomic mass is 10.2. The van der Waals surface area contributed by atoms with Gasteiger partial charge in [-0.1, -0.05) is 23.3 Å². The summed E-state index contributed by atoms with van der Waals surface area (Å²) in [5, 5.41) is 0. The Bertz CT molecular complexity index is 118. The molecule has 9 heavy (non-hydrogen) atoms. The molecule has 2 heteroatoms. The molecule has 1 aliphatic carbocycles. The van der Waals surface area contributed by atoms with E-state index in [-0.39, 0.29) is 48.0 Å². The lowest BCUT2D eigenvalue weighted by molar-refractivity contribution is 1.39. The van der Waals surface area contributed by atoms with Crippen molar-refractivity contribution in [2.75, 3.05) is 0 Å². The molecule has 0 spiro atoms. The second kappa shape index (κ2) is 5.70. The molecule has 0 nitrogen and oxygen atoms in total. The van der Waals surface area contributed by atoms with Crippen molar-refractivity contribution in [2.45, 2.75) is 20.3 Å². The van der Waals surface area contributed by atoms with Crippen molar-refractivity contribution in [3.63, 3.8) is 0 Å². The predicted molar refractivity (Wildman–Crippen MR) is 63.0 cm³/mol. The Morgan fingerprint density at radius 1 is 1.00 bits per heavy atom. The Kier molecular flexibility index (Phi) is 7.99. The lowest BCUT2D eigenvalue weighted by Gasteiger charge is -1.87. The zero-order valence-corrected chi connectivity index (χ0v) is 10.3. The van der Waals surface area contributed by atoms with Crippen LogP contribution < -0.4 is 0 Å². The van der Waals surface area contributed by atoms with Crippen LogP contribution in [0.1, 0.15) is 20.3 Å². The monoisotopic (exact) mass is 350 g/mol. The number of rotatable bonds is 0. The second-order valence-electron chi connectivity index (χ2n) is 2.01. The molecule has 0 fully saturated rings. The Hall–Kier alpha value is 0.940. The number of halogens is 2. The quantitative estimate of drug-likeness (QED) is 0.587. The van der Waals surface area contributed by atoms with Crippen LogP contribution in [0, 0.1) is 0 Å². The third kappa shape index (κ3) is 3.60. The van der Waals surface area contributed by atoms with Crippen molar-refractivity contribution in [3.05, 3.63) is 23.3 Å². The highest BCUT2D eigenvalue weighted by Gasteiger charge is 1.95. The summed E-state index contributed by atoms with van der Waals surface area (Å²) < 4.78 is 0. The summed E-state index contributed by atoms with van der Waals surface area (Å²) in [5.74, 6) is 0. The van der Waals surface area contributed by atoms with Crippen molar-refractivity contribution in [1.29, 1.82) is 0 Å². The largest absolute Gasteiger partial charge is 0.107 e. The molecule has 0 aliphatic heterocycles. The van der Waals surface area contributed by atoms with E-state index >= 15 is 0 Å². The van der Waals surface area contributed by atoms with Gasteiger partial charge in [0.25, 0.3) is 0 Å². The molecule has 0 saturated carbocycles. The maximum absolute atomic E-state index is 2.25. The minimum atomic E-state index is 0. The lowest BCUT2D eigenvalue weighted by Crippen LogP contribution is -1.67. The van der Waals surface area contributed by atoms with Crippen LogP contribution in [-0.2, 0) is 0 Å². The fourth-order valence-electron chi connectivity index (χ4n) is 0.734. The molecular weight excluding hydrogens is 338 g/mol. The SMILES string of the molecule is CC1=CCC=C1C.I.I. The molecule has 0 N–H and O–H groups in total. The average Bonchev–Trinajstić information content (AvgIpc) is 1.91. The summed E-state index contributed by atoms with van der Waals surface area (Å²) in [6.45, 7) is 4.30. The minimum absolute atomic E-state index is 0. The highest BCUT2D eigenvalue weighted by Crippen LogP contribution is 2.16. The van der Waals surface area contributed by atoms with Crippen LogP contribution in [0.25, 0.3) is 0 Å². The molecule has 1 aliphatic rings. The van der Waals surface area contributed by atoms with E-state index in [9.17, 15) is 0 Å². The summed E-state index contributed by atoms with van der Waals surface area (Å²) in [6.07, 6.45) is 5.64. The average molecular weight is 350 g/mol. The molecule has 0 aromatic heterocycles. The fraction of sp³-hybridized carbons (Fsp3) is 0.429. The molecule has 0 heterocycles. The molecule has 0 amide bonds. The third-order valence-corrected chi connectivity index (χ3v) is 1.47. The van der Waals surface area contributed by atoms with Crippen LogP contribution in [0.2, 0.25) is 0 Å². The van der Waals surface area contributed by atoms with Gasteiger partial charge in [-0.05, 0) is 20.3 Å². The normalized spacial score (nSPS) is 14.9. The van der Waals surface area contributed by atoms with Crippen molar-refractivity contribution >= 4 is 48.0 Å². The maximum atomic E-state index is 2.25. The number of hydrogen-bond acceptors (Lipinski definition) is 0. The summed E-state index contributed by atoms with van der Waals surface area (Å²) in [4.78, 5) is 0. The van der Waals surface area contributed by atoms with Crippen molar-refractivity contribution < 1.29 is 0 Å². The van der Waals surface area contributed by atoms with Crippen LogP contribution in [0.5, 0.6) is 0 Å². The predicted octanol–water partition coefficient (Wildman–Crippen LogP) is 3.52. The Balaban J connectivity index is 0. The molecule has 1 rings (SSSR count). The summed E-state index contributed by atoms with van der Waals surface area (Å²) in [5.41, 5.74) is 2.89. The molecule has 0 unspecified atom stereocenters. The Labute approximate surface area is 90.8 Å². The van der Waals surface area contributed by atoms with Gasteiger partial charge in [0.2, 0.25) is 0 Å². The number of allylic oxidation sites excluding steroid dienone is 4. The topological polar surface area (TPSA) is 0 Å². The van der Waals surface area contributed by atoms with E-state index in [0.29, 0.717) is 0 Å². The Morgan fingerprint density at radius 3 is 1.44 bits per heavy atom. The van der Waals surface area contributed by atoms with Crippen LogP contribution in [0.4, 0.5) is 0 Å². The zero-order valence-electron chi connectivity index (χ0n) is 5.68. The molecule has 0 atom stereocenters. The summed E-state index contributed by atoms with van der Waals surface area (Å²) >= 11 is 0. The molecule has 0 aromatic rings. The molecule has 0 saturated heterocycles. The highest BCUT2D eigenvalue weighted by molar-refractivity contribution is 14.0. The van der Waals surface area contributed by atoms with Gasteiger partial charge in [-0.2, -0.15) is 0 Å².